The van der Waals surface area contributed by atoms with Crippen LogP contribution in [0.4, 0.5) is 0 Å². The van der Waals surface area contributed by atoms with Gasteiger partial charge in [0.15, 0.2) is 0 Å². The molecule has 8 unspecified atom stereocenters. The number of hydrogen-bond donors (Lipinski definition) is 3. The number of carbonyl (C=O) groups is 2. The smallest absolute Gasteiger partial charge is 0.308 e. The Kier molecular flexibility index (Phi) is 11.3. The molecule has 0 radical (unpaired) electrons. The van der Waals surface area contributed by atoms with Crippen LogP contribution in [0.5, 0.6) is 0 Å². The molecular formula is C30H48N2O6S. The van der Waals surface area contributed by atoms with Crippen molar-refractivity contribution in [3.05, 3.63) is 21.7 Å². The van der Waals surface area contributed by atoms with E-state index in [4.69, 9.17) is 4.74 Å². The highest BCUT2D eigenvalue weighted by molar-refractivity contribution is 7.09. The monoisotopic (exact) mass is 564 g/mol. The lowest BCUT2D eigenvalue weighted by Crippen LogP contribution is -2.42. The Bertz CT molecular complexity index is 1010. The topological polar surface area (TPSA) is 120 Å². The first-order valence-electron chi connectivity index (χ1n) is 14.4. The molecule has 3 N–H and O–H groups in total. The molecule has 1 aromatic rings. The van der Waals surface area contributed by atoms with Crippen molar-refractivity contribution < 1.29 is 29.6 Å². The van der Waals surface area contributed by atoms with Crippen LogP contribution < -0.4 is 0 Å². The van der Waals surface area contributed by atoms with E-state index in [0.717, 1.165) is 42.0 Å². The van der Waals surface area contributed by atoms with Crippen molar-refractivity contribution in [1.82, 2.24) is 9.88 Å². The number of Topliss-reactive ketones (excluding diaryl/α,β-unsaturated/α-hetero) is 1. The molecule has 2 fully saturated rings. The summed E-state index contributed by atoms with van der Waals surface area (Å²) in [6.45, 7) is 12.0. The summed E-state index contributed by atoms with van der Waals surface area (Å²) >= 11 is 1.59. The third-order valence-electron chi connectivity index (χ3n) is 8.88. The first-order valence-corrected chi connectivity index (χ1v) is 15.3. The molecule has 0 saturated carbocycles. The molecule has 9 heteroatoms. The van der Waals surface area contributed by atoms with Crippen molar-refractivity contribution >= 4 is 29.2 Å². The molecule has 0 aromatic carbocycles. The lowest BCUT2D eigenvalue weighted by atomic mass is 9.74. The second kappa shape index (κ2) is 13.8. The van der Waals surface area contributed by atoms with Gasteiger partial charge in [0.25, 0.3) is 0 Å². The predicted octanol–water partition coefficient (Wildman–Crippen LogP) is 4.00. The second-order valence-corrected chi connectivity index (χ2v) is 13.4. The number of esters is 1. The first kappa shape index (κ1) is 31.9. The Morgan fingerprint density at radius 1 is 1.21 bits per heavy atom. The maximum absolute atomic E-state index is 13.2. The molecule has 8 nitrogen and oxygen atoms in total. The molecule has 2 aliphatic rings. The zero-order chi connectivity index (χ0) is 28.9. The number of thiazole rings is 1. The van der Waals surface area contributed by atoms with Crippen LogP contribution in [0.15, 0.2) is 11.0 Å². The number of rotatable bonds is 4. The van der Waals surface area contributed by atoms with Gasteiger partial charge in [0.2, 0.25) is 0 Å². The molecule has 0 spiro atoms. The van der Waals surface area contributed by atoms with Crippen LogP contribution in [0.25, 0.3) is 6.08 Å². The third kappa shape index (κ3) is 8.43. The van der Waals surface area contributed by atoms with Crippen molar-refractivity contribution in [1.29, 1.82) is 0 Å². The Morgan fingerprint density at radius 3 is 2.56 bits per heavy atom. The molecule has 0 bridgehead atoms. The molecule has 8 atom stereocenters. The zero-order valence-corrected chi connectivity index (χ0v) is 25.2. The number of hydrogen-bond acceptors (Lipinski definition) is 9. The summed E-state index contributed by atoms with van der Waals surface area (Å²) in [6, 6.07) is 0.624. The fourth-order valence-electron chi connectivity index (χ4n) is 5.97. The van der Waals surface area contributed by atoms with Gasteiger partial charge in [-0.2, -0.15) is 0 Å². The molecule has 0 aliphatic carbocycles. The highest BCUT2D eigenvalue weighted by atomic mass is 32.1. The van der Waals surface area contributed by atoms with Crippen LogP contribution >= 0.6 is 11.3 Å². The minimum absolute atomic E-state index is 0.0430. The van der Waals surface area contributed by atoms with E-state index in [1.54, 1.807) is 32.1 Å². The quantitative estimate of drug-likeness (QED) is 0.371. The standard InChI is InChI=1S/C30H48N2O6S/c1-18-8-7-9-24-25(32(24)10-11-33)14-22(19(2)12-23-17-39-21(4)31-23)16-38-28(36)15-27(35)30(5,6)29(37)20(3)13-26(18)34/h12,17-18,20,22,24-27,33-35H,7-11,13-16H2,1-6H3/b19-12+. The van der Waals surface area contributed by atoms with Gasteiger partial charge in [-0.05, 0) is 51.5 Å². The van der Waals surface area contributed by atoms with Crippen molar-refractivity contribution in [2.24, 2.45) is 23.2 Å². The van der Waals surface area contributed by atoms with E-state index < -0.39 is 29.5 Å². The van der Waals surface area contributed by atoms with Gasteiger partial charge in [-0.3, -0.25) is 14.5 Å². The maximum atomic E-state index is 13.2. The lowest BCUT2D eigenvalue weighted by molar-refractivity contribution is -0.151. The van der Waals surface area contributed by atoms with E-state index in [1.165, 1.54) is 0 Å². The molecule has 39 heavy (non-hydrogen) atoms. The summed E-state index contributed by atoms with van der Waals surface area (Å²) in [4.78, 5) is 32.9. The Balaban J connectivity index is 1.83. The second-order valence-electron chi connectivity index (χ2n) is 12.3. The average molecular weight is 565 g/mol. The number of nitrogens with zero attached hydrogens (tertiary/aromatic N) is 2. The summed E-state index contributed by atoms with van der Waals surface area (Å²) in [5, 5.41) is 34.3. The number of aliphatic hydroxyl groups excluding tert-OH is 3. The van der Waals surface area contributed by atoms with Crippen LogP contribution in [0.2, 0.25) is 0 Å². The van der Waals surface area contributed by atoms with Gasteiger partial charge in [-0.1, -0.05) is 39.7 Å². The number of aryl methyl sites for hydroxylation is 1. The van der Waals surface area contributed by atoms with Crippen LogP contribution in [0, 0.1) is 30.1 Å². The van der Waals surface area contributed by atoms with Crippen LogP contribution in [-0.2, 0) is 14.3 Å². The Morgan fingerprint density at radius 2 is 1.92 bits per heavy atom. The predicted molar refractivity (Wildman–Crippen MR) is 153 cm³/mol. The van der Waals surface area contributed by atoms with Gasteiger partial charge >= 0.3 is 5.97 Å². The Labute approximate surface area is 237 Å². The average Bonchev–Trinajstić information content (AvgIpc) is 3.33. The summed E-state index contributed by atoms with van der Waals surface area (Å²) < 4.78 is 5.71. The number of fused-ring (bicyclic) bond motifs is 1. The summed E-state index contributed by atoms with van der Waals surface area (Å²) in [5.74, 6) is -1.14. The van der Waals surface area contributed by atoms with Crippen LogP contribution in [0.3, 0.4) is 0 Å². The molecule has 1 aromatic heterocycles. The lowest BCUT2D eigenvalue weighted by Gasteiger charge is -2.32. The maximum Gasteiger partial charge on any atom is 0.308 e. The summed E-state index contributed by atoms with van der Waals surface area (Å²) in [7, 11) is 0. The molecule has 3 heterocycles. The SMILES string of the molecule is C/C(=C\c1csc(C)n1)C1COC(=O)CC(O)C(C)(C)C(=O)C(C)CC(O)C(C)CCCC2C(C1)N2CCO. The number of aliphatic hydroxyl groups is 3. The van der Waals surface area contributed by atoms with E-state index in [0.29, 0.717) is 19.0 Å². The number of cyclic esters (lactones) is 1. The van der Waals surface area contributed by atoms with Gasteiger partial charge in [0.05, 0.1) is 48.0 Å². The molecule has 2 saturated heterocycles. The highest BCUT2D eigenvalue weighted by Crippen LogP contribution is 2.39. The number of ether oxygens (including phenoxy) is 1. The minimum Gasteiger partial charge on any atom is -0.465 e. The number of carbonyl (C=O) groups excluding carboxylic acids is 2. The number of aromatic nitrogens is 1. The van der Waals surface area contributed by atoms with E-state index >= 15 is 0 Å². The molecule has 220 valence electrons. The van der Waals surface area contributed by atoms with Crippen molar-refractivity contribution in [2.75, 3.05) is 19.8 Å². The van der Waals surface area contributed by atoms with Gasteiger partial charge in [0, 0.05) is 35.8 Å². The number of β-amino-alcohol motifs (C(OH)–C–C–N with tert-alkyl or cyclic N) is 1. The van der Waals surface area contributed by atoms with E-state index in [1.807, 2.05) is 32.2 Å². The fraction of sp³-hybridized carbons (Fsp3) is 0.767. The third-order valence-corrected chi connectivity index (χ3v) is 9.67. The first-order chi connectivity index (χ1) is 18.3. The van der Waals surface area contributed by atoms with Gasteiger partial charge in [-0.25, -0.2) is 4.98 Å². The largest absolute Gasteiger partial charge is 0.465 e. The van der Waals surface area contributed by atoms with Gasteiger partial charge < -0.3 is 20.1 Å². The summed E-state index contributed by atoms with van der Waals surface area (Å²) in [6.07, 6.45) is 3.85. The van der Waals surface area contributed by atoms with Crippen LogP contribution in [-0.4, -0.2) is 81.0 Å². The van der Waals surface area contributed by atoms with E-state index in [9.17, 15) is 24.9 Å². The highest BCUT2D eigenvalue weighted by Gasteiger charge is 2.47. The van der Waals surface area contributed by atoms with Gasteiger partial charge in [0.1, 0.15) is 5.78 Å². The zero-order valence-electron chi connectivity index (χ0n) is 24.4. The van der Waals surface area contributed by atoms with E-state index in [-0.39, 0.29) is 43.3 Å². The van der Waals surface area contributed by atoms with E-state index in [2.05, 4.69) is 9.88 Å². The summed E-state index contributed by atoms with van der Waals surface area (Å²) in [5.41, 5.74) is 0.813. The van der Waals surface area contributed by atoms with Crippen LogP contribution in [0.1, 0.15) is 83.8 Å². The van der Waals surface area contributed by atoms with Gasteiger partial charge in [-0.15, -0.1) is 11.3 Å². The van der Waals surface area contributed by atoms with Crippen molar-refractivity contribution in [3.8, 4) is 0 Å². The Hall–Kier alpha value is -1.65. The molecule has 2 aliphatic heterocycles. The fourth-order valence-corrected chi connectivity index (χ4v) is 6.54. The molecule has 0 amide bonds. The van der Waals surface area contributed by atoms with Crippen molar-refractivity contribution in [3.63, 3.8) is 0 Å². The van der Waals surface area contributed by atoms with Crippen molar-refractivity contribution in [2.45, 2.75) is 104 Å². The molecular weight excluding hydrogens is 516 g/mol. The number of ketones is 1. The molecule has 3 rings (SSSR count). The normalized spacial score (nSPS) is 35.5. The minimum atomic E-state index is -1.19.